The van der Waals surface area contributed by atoms with Crippen molar-refractivity contribution in [1.82, 2.24) is 4.90 Å². The smallest absolute Gasteiger partial charge is 0.176 e. The summed E-state index contributed by atoms with van der Waals surface area (Å²) in [4.78, 5) is 14.5. The van der Waals surface area contributed by atoms with E-state index in [-0.39, 0.29) is 12.4 Å². The molecule has 1 fully saturated rings. The van der Waals surface area contributed by atoms with Gasteiger partial charge in [-0.25, -0.2) is 0 Å². The molecule has 0 bridgehead atoms. The van der Waals surface area contributed by atoms with Crippen LogP contribution < -0.4 is 0 Å². The summed E-state index contributed by atoms with van der Waals surface area (Å²) in [6.07, 6.45) is 3.99. The molecule has 0 radical (unpaired) electrons. The van der Waals surface area contributed by atoms with E-state index in [1.54, 1.807) is 24.3 Å². The van der Waals surface area contributed by atoms with Crippen LogP contribution in [0.2, 0.25) is 0 Å². The van der Waals surface area contributed by atoms with Crippen LogP contribution in [0.3, 0.4) is 0 Å². The van der Waals surface area contributed by atoms with Gasteiger partial charge in [-0.1, -0.05) is 12.1 Å². The minimum atomic E-state index is 0.102. The van der Waals surface area contributed by atoms with Crippen molar-refractivity contribution in [2.45, 2.75) is 31.7 Å². The van der Waals surface area contributed by atoms with E-state index >= 15 is 0 Å². The zero-order chi connectivity index (χ0) is 14.4. The average Bonchev–Trinajstić information content (AvgIpc) is 2.92. The van der Waals surface area contributed by atoms with Crippen molar-refractivity contribution < 1.29 is 9.90 Å². The third kappa shape index (κ3) is 3.66. The Morgan fingerprint density at radius 3 is 2.80 bits per heavy atom. The molecule has 1 N–H and O–H groups in total. The lowest BCUT2D eigenvalue weighted by molar-refractivity contribution is 0.0916. The van der Waals surface area contributed by atoms with Crippen molar-refractivity contribution in [2.24, 2.45) is 0 Å². The first-order valence-electron chi connectivity index (χ1n) is 7.13. The number of aliphatic hydroxyl groups excluding tert-OH is 1. The molecule has 1 aromatic rings. The van der Waals surface area contributed by atoms with Crippen LogP contribution in [0.5, 0.6) is 0 Å². The largest absolute Gasteiger partial charge is 0.396 e. The van der Waals surface area contributed by atoms with Crippen LogP contribution in [0.1, 0.15) is 41.6 Å². The summed E-state index contributed by atoms with van der Waals surface area (Å²) < 4.78 is 0. The number of aliphatic hydroxyl groups is 1. The molecule has 0 amide bonds. The van der Waals surface area contributed by atoms with Gasteiger partial charge in [0, 0.05) is 18.2 Å². The number of likely N-dealkylation sites (tertiary alicyclic amines) is 1. The number of hydrogen-bond acceptors (Lipinski definition) is 4. The molecule has 106 valence electrons. The summed E-state index contributed by atoms with van der Waals surface area (Å²) in [5.74, 6) is 0.102. The number of Topliss-reactive ketones (excluding diaryl/α,β-unsaturated/α-hetero) is 1. The summed E-state index contributed by atoms with van der Waals surface area (Å²) in [7, 11) is 0. The molecule has 1 aromatic carbocycles. The first-order chi connectivity index (χ1) is 9.74. The molecule has 1 heterocycles. The Morgan fingerprint density at radius 2 is 2.15 bits per heavy atom. The van der Waals surface area contributed by atoms with E-state index in [2.05, 4.69) is 11.0 Å². The number of hydrogen-bond donors (Lipinski definition) is 1. The molecule has 1 saturated heterocycles. The van der Waals surface area contributed by atoms with Crippen molar-refractivity contribution in [2.75, 3.05) is 19.7 Å². The van der Waals surface area contributed by atoms with Gasteiger partial charge in [-0.3, -0.25) is 9.69 Å². The van der Waals surface area contributed by atoms with Gasteiger partial charge in [0.25, 0.3) is 0 Å². The maximum atomic E-state index is 12.2. The van der Waals surface area contributed by atoms with Gasteiger partial charge >= 0.3 is 0 Å². The molecule has 4 nitrogen and oxygen atoms in total. The number of nitrogens with zero attached hydrogens (tertiary/aromatic N) is 2. The third-order valence-corrected chi connectivity index (χ3v) is 3.88. The second-order valence-corrected chi connectivity index (χ2v) is 5.24. The molecule has 1 aliphatic rings. The first kappa shape index (κ1) is 14.7. The van der Waals surface area contributed by atoms with E-state index in [4.69, 9.17) is 10.4 Å². The van der Waals surface area contributed by atoms with Gasteiger partial charge in [-0.15, -0.1) is 0 Å². The molecular formula is C16H20N2O2. The van der Waals surface area contributed by atoms with Gasteiger partial charge in [-0.2, -0.15) is 5.26 Å². The van der Waals surface area contributed by atoms with E-state index in [0.29, 0.717) is 23.7 Å². The van der Waals surface area contributed by atoms with Crippen LogP contribution >= 0.6 is 0 Å². The zero-order valence-corrected chi connectivity index (χ0v) is 11.6. The molecule has 1 unspecified atom stereocenters. The standard InChI is InChI=1S/C16H20N2O2/c17-11-13-5-7-14(8-6-13)16(20)12-18-9-1-3-15(18)4-2-10-19/h5-8,15,19H,1-4,9-10,12H2. The second-order valence-electron chi connectivity index (χ2n) is 5.24. The van der Waals surface area contributed by atoms with E-state index in [1.807, 2.05) is 0 Å². The number of benzene rings is 1. The fraction of sp³-hybridized carbons (Fsp3) is 0.500. The summed E-state index contributed by atoms with van der Waals surface area (Å²) >= 11 is 0. The van der Waals surface area contributed by atoms with Crippen LogP contribution in [0.25, 0.3) is 0 Å². The highest BCUT2D eigenvalue weighted by Crippen LogP contribution is 2.21. The lowest BCUT2D eigenvalue weighted by atomic mass is 10.1. The van der Waals surface area contributed by atoms with E-state index in [9.17, 15) is 4.79 Å². The third-order valence-electron chi connectivity index (χ3n) is 3.88. The van der Waals surface area contributed by atoms with E-state index < -0.39 is 0 Å². The van der Waals surface area contributed by atoms with Crippen LogP contribution in [-0.4, -0.2) is 41.5 Å². The van der Waals surface area contributed by atoms with Crippen LogP contribution in [0, 0.1) is 11.3 Å². The van der Waals surface area contributed by atoms with Gasteiger partial charge < -0.3 is 5.11 Å². The van der Waals surface area contributed by atoms with Crippen LogP contribution in [0.4, 0.5) is 0 Å². The van der Waals surface area contributed by atoms with Crippen LogP contribution in [0.15, 0.2) is 24.3 Å². The number of carbonyl (C=O) groups is 1. The van der Waals surface area contributed by atoms with Crippen molar-refractivity contribution in [1.29, 1.82) is 5.26 Å². The van der Waals surface area contributed by atoms with E-state index in [0.717, 1.165) is 32.2 Å². The number of nitriles is 1. The Kier molecular flexibility index (Phi) is 5.28. The maximum absolute atomic E-state index is 12.2. The molecule has 0 aromatic heterocycles. The Bertz CT molecular complexity index is 490. The molecule has 0 saturated carbocycles. The topological polar surface area (TPSA) is 64.3 Å². The summed E-state index contributed by atoms with van der Waals surface area (Å²) in [6.45, 7) is 1.61. The highest BCUT2D eigenvalue weighted by molar-refractivity contribution is 5.97. The molecule has 0 spiro atoms. The normalized spacial score (nSPS) is 18.9. The molecular weight excluding hydrogens is 252 g/mol. The Balaban J connectivity index is 1.94. The molecule has 20 heavy (non-hydrogen) atoms. The first-order valence-corrected chi connectivity index (χ1v) is 7.13. The number of rotatable bonds is 6. The Morgan fingerprint density at radius 1 is 1.40 bits per heavy atom. The minimum absolute atomic E-state index is 0.102. The van der Waals surface area contributed by atoms with Crippen molar-refractivity contribution >= 4 is 5.78 Å². The molecule has 1 atom stereocenters. The fourth-order valence-corrected chi connectivity index (χ4v) is 2.76. The lowest BCUT2D eigenvalue weighted by Gasteiger charge is -2.23. The highest BCUT2D eigenvalue weighted by Gasteiger charge is 2.25. The van der Waals surface area contributed by atoms with Gasteiger partial charge in [0.1, 0.15) is 0 Å². The average molecular weight is 272 g/mol. The monoisotopic (exact) mass is 272 g/mol. The van der Waals surface area contributed by atoms with Crippen molar-refractivity contribution in [3.8, 4) is 6.07 Å². The molecule has 0 aliphatic carbocycles. The number of carbonyl (C=O) groups excluding carboxylic acids is 1. The Labute approximate surface area is 119 Å². The number of ketones is 1. The maximum Gasteiger partial charge on any atom is 0.176 e. The molecule has 2 rings (SSSR count). The summed E-state index contributed by atoms with van der Waals surface area (Å²) in [5.41, 5.74) is 1.24. The fourth-order valence-electron chi connectivity index (χ4n) is 2.76. The van der Waals surface area contributed by atoms with Gasteiger partial charge in [0.05, 0.1) is 18.2 Å². The predicted octanol–water partition coefficient (Wildman–Crippen LogP) is 1.98. The van der Waals surface area contributed by atoms with Crippen molar-refractivity contribution in [3.63, 3.8) is 0 Å². The molecule has 1 aliphatic heterocycles. The Hall–Kier alpha value is -1.70. The van der Waals surface area contributed by atoms with Gasteiger partial charge in [-0.05, 0) is 44.4 Å². The van der Waals surface area contributed by atoms with E-state index in [1.165, 1.54) is 0 Å². The van der Waals surface area contributed by atoms with Gasteiger partial charge in [0.15, 0.2) is 5.78 Å². The quantitative estimate of drug-likeness (QED) is 0.804. The van der Waals surface area contributed by atoms with Gasteiger partial charge in [0.2, 0.25) is 0 Å². The lowest BCUT2D eigenvalue weighted by Crippen LogP contribution is -2.34. The second kappa shape index (κ2) is 7.18. The predicted molar refractivity (Wildman–Crippen MR) is 76.4 cm³/mol. The van der Waals surface area contributed by atoms with Crippen LogP contribution in [-0.2, 0) is 0 Å². The summed E-state index contributed by atoms with van der Waals surface area (Å²) in [6, 6.07) is 9.28. The minimum Gasteiger partial charge on any atom is -0.396 e. The summed E-state index contributed by atoms with van der Waals surface area (Å²) in [5, 5.41) is 17.7. The van der Waals surface area contributed by atoms with Crippen molar-refractivity contribution in [3.05, 3.63) is 35.4 Å². The highest BCUT2D eigenvalue weighted by atomic mass is 16.2. The molecule has 4 heteroatoms. The SMILES string of the molecule is N#Cc1ccc(C(=O)CN2CCCC2CCCO)cc1. The zero-order valence-electron chi connectivity index (χ0n) is 11.6.